The lowest BCUT2D eigenvalue weighted by Gasteiger charge is -2.20. The molecule has 2 atom stereocenters. The van der Waals surface area contributed by atoms with Gasteiger partial charge in [-0.1, -0.05) is 12.1 Å². The molecule has 2 heterocycles. The highest BCUT2D eigenvalue weighted by atomic mass is 19.4. The maximum absolute atomic E-state index is 13.1. The number of benzene rings is 1. The van der Waals surface area contributed by atoms with Crippen molar-refractivity contribution in [3.63, 3.8) is 0 Å². The van der Waals surface area contributed by atoms with Crippen LogP contribution in [0, 0.1) is 18.8 Å². The maximum atomic E-state index is 13.1. The third kappa shape index (κ3) is 2.69. The number of carboxylic acid groups (broad SMARTS) is 1. The summed E-state index contributed by atoms with van der Waals surface area (Å²) in [6.45, 7) is 1.21. The number of aromatic nitrogens is 2. The average molecular weight is 325 g/mol. The van der Waals surface area contributed by atoms with Gasteiger partial charge in [0.15, 0.2) is 0 Å². The summed E-state index contributed by atoms with van der Waals surface area (Å²) < 4.78 is 39.3. The van der Waals surface area contributed by atoms with Gasteiger partial charge in [-0.25, -0.2) is 9.97 Å². The number of carboxylic acids is 1. The number of rotatable bonds is 2. The molecule has 0 bridgehead atoms. The number of anilines is 1. The van der Waals surface area contributed by atoms with Crippen molar-refractivity contribution < 1.29 is 23.1 Å². The van der Waals surface area contributed by atoms with Crippen LogP contribution in [-0.2, 0) is 4.79 Å². The minimum Gasteiger partial charge on any atom is -0.481 e. The first-order valence-corrected chi connectivity index (χ1v) is 7.04. The lowest BCUT2D eigenvalue weighted by Crippen LogP contribution is -2.33. The highest BCUT2D eigenvalue weighted by Crippen LogP contribution is 2.40. The van der Waals surface area contributed by atoms with E-state index in [9.17, 15) is 18.0 Å². The van der Waals surface area contributed by atoms with E-state index < -0.39 is 30.5 Å². The van der Waals surface area contributed by atoms with Crippen LogP contribution in [-0.4, -0.2) is 40.3 Å². The molecule has 1 aromatic carbocycles. The number of para-hydroxylation sites is 1. The van der Waals surface area contributed by atoms with E-state index in [-0.39, 0.29) is 6.54 Å². The molecular weight excluding hydrogens is 311 g/mol. The average Bonchev–Trinajstić information content (AvgIpc) is 2.92. The molecule has 0 spiro atoms. The van der Waals surface area contributed by atoms with Crippen LogP contribution in [0.25, 0.3) is 10.9 Å². The van der Waals surface area contributed by atoms with Crippen LogP contribution in [0.2, 0.25) is 0 Å². The predicted octanol–water partition coefficient (Wildman–Crippen LogP) is 2.64. The molecule has 8 heteroatoms. The lowest BCUT2D eigenvalue weighted by molar-refractivity contribution is -0.187. The van der Waals surface area contributed by atoms with Crippen LogP contribution in [0.1, 0.15) is 5.56 Å². The second-order valence-electron chi connectivity index (χ2n) is 5.67. The molecule has 5 nitrogen and oxygen atoms in total. The molecule has 0 unspecified atom stereocenters. The Kier molecular flexibility index (Phi) is 3.62. The molecule has 3 rings (SSSR count). The fourth-order valence-electron chi connectivity index (χ4n) is 3.03. The lowest BCUT2D eigenvalue weighted by atomic mass is 9.96. The van der Waals surface area contributed by atoms with Crippen molar-refractivity contribution in [3.8, 4) is 0 Å². The van der Waals surface area contributed by atoms with Gasteiger partial charge in [0.2, 0.25) is 0 Å². The van der Waals surface area contributed by atoms with E-state index in [4.69, 9.17) is 5.11 Å². The summed E-state index contributed by atoms with van der Waals surface area (Å²) in [7, 11) is 0. The van der Waals surface area contributed by atoms with E-state index in [2.05, 4.69) is 9.97 Å². The van der Waals surface area contributed by atoms with Crippen molar-refractivity contribution in [1.82, 2.24) is 9.97 Å². The van der Waals surface area contributed by atoms with Gasteiger partial charge < -0.3 is 10.0 Å². The standard InChI is InChI=1S/C15H14F3N3O2/c1-8-3-2-4-9-12(8)19-7-20-13(9)21-5-10(14(22)23)11(6-21)15(16,17)18/h2-4,7,10-11H,5-6H2,1H3,(H,22,23)/t10-,11-/m1/s1. The monoisotopic (exact) mass is 325 g/mol. The highest BCUT2D eigenvalue weighted by Gasteiger charge is 2.53. The summed E-state index contributed by atoms with van der Waals surface area (Å²) >= 11 is 0. The van der Waals surface area contributed by atoms with Crippen molar-refractivity contribution in [2.45, 2.75) is 13.1 Å². The summed E-state index contributed by atoms with van der Waals surface area (Å²) in [5, 5.41) is 9.73. The van der Waals surface area contributed by atoms with Crippen molar-refractivity contribution in [3.05, 3.63) is 30.1 Å². The second-order valence-corrected chi connectivity index (χ2v) is 5.67. The Morgan fingerprint density at radius 2 is 2.04 bits per heavy atom. The van der Waals surface area contributed by atoms with Crippen LogP contribution >= 0.6 is 0 Å². The normalized spacial score (nSPS) is 21.8. The number of aryl methyl sites for hydroxylation is 1. The van der Waals surface area contributed by atoms with Gasteiger partial charge in [-0.2, -0.15) is 13.2 Å². The summed E-state index contributed by atoms with van der Waals surface area (Å²) in [6, 6.07) is 5.35. The van der Waals surface area contributed by atoms with E-state index in [1.54, 1.807) is 12.1 Å². The van der Waals surface area contributed by atoms with E-state index in [1.165, 1.54) is 11.2 Å². The number of nitrogens with zero attached hydrogens (tertiary/aromatic N) is 3. The second kappa shape index (κ2) is 5.36. The summed E-state index contributed by atoms with van der Waals surface area (Å²) in [5.41, 5.74) is 1.53. The molecule has 1 aliphatic rings. The van der Waals surface area contributed by atoms with E-state index in [1.807, 2.05) is 13.0 Å². The SMILES string of the molecule is Cc1cccc2c(N3C[C@@H](C(F)(F)F)[C@H](C(=O)O)C3)ncnc12. The van der Waals surface area contributed by atoms with Crippen LogP contribution in [0.3, 0.4) is 0 Å². The Morgan fingerprint density at radius 3 is 2.65 bits per heavy atom. The molecular formula is C15H14F3N3O2. The van der Waals surface area contributed by atoms with Crippen molar-refractivity contribution in [2.24, 2.45) is 11.8 Å². The van der Waals surface area contributed by atoms with Gasteiger partial charge in [0.25, 0.3) is 0 Å². The third-order valence-electron chi connectivity index (χ3n) is 4.20. The fourth-order valence-corrected chi connectivity index (χ4v) is 3.03. The van der Waals surface area contributed by atoms with Gasteiger partial charge in [-0.15, -0.1) is 0 Å². The van der Waals surface area contributed by atoms with Crippen molar-refractivity contribution in [2.75, 3.05) is 18.0 Å². The molecule has 1 aliphatic heterocycles. The number of alkyl halides is 3. The Labute approximate surface area is 129 Å². The molecule has 2 aromatic rings. The zero-order valence-electron chi connectivity index (χ0n) is 12.2. The van der Waals surface area contributed by atoms with Gasteiger partial charge in [0, 0.05) is 18.5 Å². The molecule has 0 aliphatic carbocycles. The topological polar surface area (TPSA) is 66.3 Å². The Balaban J connectivity index is 2.04. The Bertz CT molecular complexity index is 763. The first-order valence-electron chi connectivity index (χ1n) is 7.04. The number of halogens is 3. The van der Waals surface area contributed by atoms with Crippen LogP contribution in [0.4, 0.5) is 19.0 Å². The van der Waals surface area contributed by atoms with E-state index in [0.29, 0.717) is 16.7 Å². The quantitative estimate of drug-likeness (QED) is 0.919. The third-order valence-corrected chi connectivity index (χ3v) is 4.20. The molecule has 0 radical (unpaired) electrons. The first kappa shape index (κ1) is 15.5. The molecule has 1 N–H and O–H groups in total. The minimum absolute atomic E-state index is 0.223. The molecule has 0 saturated carbocycles. The van der Waals surface area contributed by atoms with Crippen molar-refractivity contribution in [1.29, 1.82) is 0 Å². The Hall–Kier alpha value is -2.38. The summed E-state index contributed by atoms with van der Waals surface area (Å²) in [4.78, 5) is 20.8. The molecule has 23 heavy (non-hydrogen) atoms. The van der Waals surface area contributed by atoms with E-state index in [0.717, 1.165) is 5.56 Å². The zero-order chi connectivity index (χ0) is 16.8. The minimum atomic E-state index is -4.56. The maximum Gasteiger partial charge on any atom is 0.394 e. The molecule has 1 fully saturated rings. The van der Waals surface area contributed by atoms with Crippen LogP contribution in [0.5, 0.6) is 0 Å². The number of carbonyl (C=O) groups is 1. The summed E-state index contributed by atoms with van der Waals surface area (Å²) in [6.07, 6.45) is -3.27. The van der Waals surface area contributed by atoms with Crippen molar-refractivity contribution >= 4 is 22.7 Å². The number of fused-ring (bicyclic) bond motifs is 1. The van der Waals surface area contributed by atoms with Gasteiger partial charge >= 0.3 is 12.1 Å². The Morgan fingerprint density at radius 1 is 1.30 bits per heavy atom. The largest absolute Gasteiger partial charge is 0.481 e. The van der Waals surface area contributed by atoms with Gasteiger partial charge in [-0.05, 0) is 18.6 Å². The fraction of sp³-hybridized carbons (Fsp3) is 0.400. The van der Waals surface area contributed by atoms with E-state index >= 15 is 0 Å². The number of aliphatic carboxylic acids is 1. The number of hydrogen-bond acceptors (Lipinski definition) is 4. The predicted molar refractivity (Wildman–Crippen MR) is 77.2 cm³/mol. The highest BCUT2D eigenvalue weighted by molar-refractivity contribution is 5.91. The summed E-state index contributed by atoms with van der Waals surface area (Å²) in [5.74, 6) is -4.50. The molecule has 1 aromatic heterocycles. The molecule has 122 valence electrons. The van der Waals surface area contributed by atoms with Crippen LogP contribution in [0.15, 0.2) is 24.5 Å². The molecule has 0 amide bonds. The smallest absolute Gasteiger partial charge is 0.394 e. The van der Waals surface area contributed by atoms with Gasteiger partial charge in [0.05, 0.1) is 17.4 Å². The first-order chi connectivity index (χ1) is 10.8. The van der Waals surface area contributed by atoms with Gasteiger partial charge in [-0.3, -0.25) is 4.79 Å². The van der Waals surface area contributed by atoms with Gasteiger partial charge in [0.1, 0.15) is 12.1 Å². The molecule has 1 saturated heterocycles. The number of hydrogen-bond donors (Lipinski definition) is 1. The zero-order valence-corrected chi connectivity index (χ0v) is 12.2. The van der Waals surface area contributed by atoms with Crippen LogP contribution < -0.4 is 4.90 Å².